The Morgan fingerprint density at radius 1 is 0.842 bits per heavy atom. The Morgan fingerprint density at radius 3 is 1.79 bits per heavy atom. The monoisotopic (exact) mass is 272 g/mol. The predicted molar refractivity (Wildman–Crippen MR) is 75.0 cm³/mol. The van der Waals surface area contributed by atoms with Crippen LogP contribution in [0.2, 0.25) is 0 Å². The maximum absolute atomic E-state index is 11.4. The third-order valence-corrected chi connectivity index (χ3v) is 3.29. The van der Waals surface area contributed by atoms with Crippen LogP contribution in [0.4, 0.5) is 0 Å². The highest BCUT2D eigenvalue weighted by Gasteiger charge is 2.21. The van der Waals surface area contributed by atoms with Gasteiger partial charge in [-0.1, -0.05) is 58.3 Å². The molecule has 0 aromatic heterocycles. The van der Waals surface area contributed by atoms with Gasteiger partial charge in [0.2, 0.25) is 0 Å². The highest BCUT2D eigenvalue weighted by Crippen LogP contribution is 2.11. The molecule has 0 rings (SSSR count). The second kappa shape index (κ2) is 12.3. The number of aliphatic hydroxyl groups excluding tert-OH is 2. The number of carbonyl (C=O) groups is 2. The lowest BCUT2D eigenvalue weighted by Crippen LogP contribution is -2.31. The Bertz CT molecular complexity index is 251. The number of aliphatic hydroxyl groups is 2. The number of Topliss-reactive ketones (excluding diaryl/α,β-unsaturated/α-hetero) is 2. The van der Waals surface area contributed by atoms with Crippen LogP contribution in [0.5, 0.6) is 0 Å². The van der Waals surface area contributed by atoms with Crippen molar-refractivity contribution in [2.24, 2.45) is 0 Å². The summed E-state index contributed by atoms with van der Waals surface area (Å²) in [5.74, 6) is -1.28. The van der Waals surface area contributed by atoms with E-state index < -0.39 is 24.3 Å². The van der Waals surface area contributed by atoms with Crippen molar-refractivity contribution in [3.05, 3.63) is 0 Å². The molecule has 1 atom stereocenters. The van der Waals surface area contributed by atoms with Crippen molar-refractivity contribution >= 4 is 11.6 Å². The molecule has 0 saturated heterocycles. The molecule has 0 aromatic rings. The van der Waals surface area contributed by atoms with E-state index in [0.29, 0.717) is 6.42 Å². The molecule has 0 saturated carbocycles. The maximum atomic E-state index is 11.4. The molecule has 2 N–H and O–H groups in total. The molecule has 0 aliphatic carbocycles. The smallest absolute Gasteiger partial charge is 0.194 e. The molecule has 1 unspecified atom stereocenters. The van der Waals surface area contributed by atoms with Gasteiger partial charge in [-0.2, -0.15) is 0 Å². The second-order valence-corrected chi connectivity index (χ2v) is 5.07. The second-order valence-electron chi connectivity index (χ2n) is 5.07. The summed E-state index contributed by atoms with van der Waals surface area (Å²) >= 11 is 0. The number of ketones is 2. The summed E-state index contributed by atoms with van der Waals surface area (Å²) in [5.41, 5.74) is 0. The van der Waals surface area contributed by atoms with Crippen molar-refractivity contribution in [2.75, 3.05) is 6.61 Å². The topological polar surface area (TPSA) is 74.6 Å². The number of hydrogen-bond donors (Lipinski definition) is 2. The molecule has 4 heteroatoms. The SMILES string of the molecule is CCCCCCCCCCCC(=O)C(O)C(=O)CO. The van der Waals surface area contributed by atoms with Crippen LogP contribution < -0.4 is 0 Å². The molecule has 0 fully saturated rings. The first-order chi connectivity index (χ1) is 9.13. The van der Waals surface area contributed by atoms with Crippen LogP contribution in [0.15, 0.2) is 0 Å². The van der Waals surface area contributed by atoms with Gasteiger partial charge < -0.3 is 10.2 Å². The van der Waals surface area contributed by atoms with Crippen LogP contribution in [0.1, 0.15) is 71.1 Å². The summed E-state index contributed by atoms with van der Waals surface area (Å²) in [7, 11) is 0. The molecule has 19 heavy (non-hydrogen) atoms. The minimum atomic E-state index is -1.63. The van der Waals surface area contributed by atoms with Crippen LogP contribution in [-0.4, -0.2) is 34.5 Å². The first-order valence-corrected chi connectivity index (χ1v) is 7.47. The van der Waals surface area contributed by atoms with Gasteiger partial charge in [-0.05, 0) is 6.42 Å². The molecule has 0 aromatic carbocycles. The molecular weight excluding hydrogens is 244 g/mol. The third kappa shape index (κ3) is 9.79. The summed E-state index contributed by atoms with van der Waals surface area (Å²) in [6, 6.07) is 0. The van der Waals surface area contributed by atoms with Crippen LogP contribution in [0, 0.1) is 0 Å². The number of carbonyl (C=O) groups excluding carboxylic acids is 2. The Labute approximate surface area is 116 Å². The lowest BCUT2D eigenvalue weighted by atomic mass is 10.0. The van der Waals surface area contributed by atoms with Crippen LogP contribution in [0.3, 0.4) is 0 Å². The first-order valence-electron chi connectivity index (χ1n) is 7.47. The van der Waals surface area contributed by atoms with E-state index >= 15 is 0 Å². The third-order valence-electron chi connectivity index (χ3n) is 3.29. The van der Waals surface area contributed by atoms with Crippen molar-refractivity contribution in [1.29, 1.82) is 0 Å². The first kappa shape index (κ1) is 18.3. The molecule has 0 amide bonds. The molecular formula is C15H28O4. The molecule has 0 heterocycles. The number of rotatable bonds is 13. The number of unbranched alkanes of at least 4 members (excludes halogenated alkanes) is 8. The van der Waals surface area contributed by atoms with E-state index in [1.165, 1.54) is 38.5 Å². The van der Waals surface area contributed by atoms with Gasteiger partial charge in [0, 0.05) is 6.42 Å². The minimum absolute atomic E-state index is 0.225. The average molecular weight is 272 g/mol. The maximum Gasteiger partial charge on any atom is 0.194 e. The normalized spacial score (nSPS) is 12.4. The predicted octanol–water partition coefficient (Wildman–Crippen LogP) is 2.40. The van der Waals surface area contributed by atoms with Crippen molar-refractivity contribution < 1.29 is 19.8 Å². The van der Waals surface area contributed by atoms with E-state index in [1.807, 2.05) is 0 Å². The summed E-state index contributed by atoms with van der Waals surface area (Å²) in [6.45, 7) is 1.43. The van der Waals surface area contributed by atoms with Crippen molar-refractivity contribution in [3.8, 4) is 0 Å². The van der Waals surface area contributed by atoms with Crippen molar-refractivity contribution in [1.82, 2.24) is 0 Å². The van der Waals surface area contributed by atoms with E-state index in [-0.39, 0.29) is 6.42 Å². The average Bonchev–Trinajstić information content (AvgIpc) is 2.43. The standard InChI is InChI=1S/C15H28O4/c1-2-3-4-5-6-7-8-9-10-11-13(17)15(19)14(18)12-16/h15-16,19H,2-12H2,1H3. The zero-order chi connectivity index (χ0) is 14.5. The highest BCUT2D eigenvalue weighted by molar-refractivity contribution is 6.05. The van der Waals surface area contributed by atoms with Gasteiger partial charge in [0.15, 0.2) is 17.7 Å². The molecule has 0 bridgehead atoms. The van der Waals surface area contributed by atoms with E-state index in [0.717, 1.165) is 12.8 Å². The van der Waals surface area contributed by atoms with Crippen LogP contribution in [0.25, 0.3) is 0 Å². The Hall–Kier alpha value is -0.740. The number of hydrogen-bond acceptors (Lipinski definition) is 4. The fraction of sp³-hybridized carbons (Fsp3) is 0.867. The zero-order valence-electron chi connectivity index (χ0n) is 12.1. The molecule has 0 aliphatic rings. The van der Waals surface area contributed by atoms with E-state index in [9.17, 15) is 14.7 Å². The van der Waals surface area contributed by atoms with Gasteiger partial charge >= 0.3 is 0 Å². The largest absolute Gasteiger partial charge is 0.388 e. The molecule has 0 radical (unpaired) electrons. The Morgan fingerprint density at radius 2 is 1.32 bits per heavy atom. The summed E-state index contributed by atoms with van der Waals surface area (Å²) < 4.78 is 0. The fourth-order valence-electron chi connectivity index (χ4n) is 2.01. The molecule has 0 aliphatic heterocycles. The zero-order valence-corrected chi connectivity index (χ0v) is 12.1. The summed E-state index contributed by atoms with van der Waals surface area (Å²) in [5, 5.41) is 17.8. The van der Waals surface area contributed by atoms with Gasteiger partial charge in [0.25, 0.3) is 0 Å². The summed E-state index contributed by atoms with van der Waals surface area (Å²) in [4.78, 5) is 22.3. The van der Waals surface area contributed by atoms with Gasteiger partial charge in [0.1, 0.15) is 6.61 Å². The summed E-state index contributed by atoms with van der Waals surface area (Å²) in [6.07, 6.45) is 8.98. The molecule has 4 nitrogen and oxygen atoms in total. The fourth-order valence-corrected chi connectivity index (χ4v) is 2.01. The van der Waals surface area contributed by atoms with Crippen LogP contribution in [-0.2, 0) is 9.59 Å². The quantitative estimate of drug-likeness (QED) is 0.399. The van der Waals surface area contributed by atoms with Crippen LogP contribution >= 0.6 is 0 Å². The lowest BCUT2D eigenvalue weighted by molar-refractivity contribution is -0.140. The van der Waals surface area contributed by atoms with E-state index in [1.54, 1.807) is 0 Å². The van der Waals surface area contributed by atoms with Gasteiger partial charge in [-0.3, -0.25) is 9.59 Å². The van der Waals surface area contributed by atoms with Crippen molar-refractivity contribution in [3.63, 3.8) is 0 Å². The minimum Gasteiger partial charge on any atom is -0.388 e. The van der Waals surface area contributed by atoms with E-state index in [4.69, 9.17) is 5.11 Å². The Kier molecular flexibility index (Phi) is 11.8. The van der Waals surface area contributed by atoms with Gasteiger partial charge in [0.05, 0.1) is 0 Å². The lowest BCUT2D eigenvalue weighted by Gasteiger charge is -2.06. The Balaban J connectivity index is 3.39. The highest BCUT2D eigenvalue weighted by atomic mass is 16.3. The van der Waals surface area contributed by atoms with E-state index in [2.05, 4.69) is 6.92 Å². The molecule has 112 valence electrons. The van der Waals surface area contributed by atoms with Crippen molar-refractivity contribution in [2.45, 2.75) is 77.2 Å². The van der Waals surface area contributed by atoms with Gasteiger partial charge in [-0.25, -0.2) is 0 Å². The van der Waals surface area contributed by atoms with Gasteiger partial charge in [-0.15, -0.1) is 0 Å². The molecule has 0 spiro atoms.